The topological polar surface area (TPSA) is 48.0 Å². The van der Waals surface area contributed by atoms with Crippen LogP contribution in [-0.4, -0.2) is 57.1 Å². The van der Waals surface area contributed by atoms with Crippen molar-refractivity contribution in [3.8, 4) is 0 Å². The fraction of sp³-hybridized carbons (Fsp3) is 0.611. The summed E-state index contributed by atoms with van der Waals surface area (Å²) >= 11 is 0. The lowest BCUT2D eigenvalue weighted by molar-refractivity contribution is -0.150. The van der Waals surface area contributed by atoms with E-state index in [1.807, 2.05) is 18.2 Å². The fourth-order valence-electron chi connectivity index (χ4n) is 4.30. The van der Waals surface area contributed by atoms with Gasteiger partial charge in [0.1, 0.15) is 6.79 Å². The maximum Gasteiger partial charge on any atom is 0.310 e. The van der Waals surface area contributed by atoms with Crippen molar-refractivity contribution < 1.29 is 19.0 Å². The summed E-state index contributed by atoms with van der Waals surface area (Å²) in [5.41, 5.74) is 1.21. The molecule has 1 aromatic rings. The maximum absolute atomic E-state index is 12.5. The van der Waals surface area contributed by atoms with Gasteiger partial charge in [0.25, 0.3) is 0 Å². The summed E-state index contributed by atoms with van der Waals surface area (Å²) in [6, 6.07) is 10.7. The van der Waals surface area contributed by atoms with Crippen molar-refractivity contribution in [1.29, 1.82) is 0 Å². The molecule has 2 saturated heterocycles. The van der Waals surface area contributed by atoms with Gasteiger partial charge in [-0.25, -0.2) is 0 Å². The van der Waals surface area contributed by atoms with Crippen LogP contribution in [0.1, 0.15) is 24.3 Å². The van der Waals surface area contributed by atoms with E-state index in [4.69, 9.17) is 14.2 Å². The van der Waals surface area contributed by atoms with E-state index in [0.717, 1.165) is 12.8 Å². The van der Waals surface area contributed by atoms with Crippen molar-refractivity contribution >= 4 is 5.97 Å². The second-order valence-corrected chi connectivity index (χ2v) is 6.45. The second kappa shape index (κ2) is 6.99. The number of ether oxygens (including phenoxy) is 3. The summed E-state index contributed by atoms with van der Waals surface area (Å²) in [6.07, 6.45) is 1.84. The number of nitrogens with zero attached hydrogens (tertiary/aromatic N) is 1. The summed E-state index contributed by atoms with van der Waals surface area (Å²) in [5, 5.41) is 0. The molecule has 2 bridgehead atoms. The Morgan fingerprint density at radius 1 is 1.17 bits per heavy atom. The minimum absolute atomic E-state index is 0.103. The molecule has 2 fully saturated rings. The third kappa shape index (κ3) is 3.01. The molecule has 23 heavy (non-hydrogen) atoms. The number of rotatable bonds is 5. The van der Waals surface area contributed by atoms with Crippen molar-refractivity contribution in [2.24, 2.45) is 5.92 Å². The van der Waals surface area contributed by atoms with Gasteiger partial charge in [0, 0.05) is 25.1 Å². The third-order valence-electron chi connectivity index (χ3n) is 5.39. The fourth-order valence-corrected chi connectivity index (χ4v) is 4.30. The van der Waals surface area contributed by atoms with Crippen LogP contribution < -0.4 is 0 Å². The Bertz CT molecular complexity index is 535. The van der Waals surface area contributed by atoms with Gasteiger partial charge >= 0.3 is 5.97 Å². The Morgan fingerprint density at radius 3 is 2.57 bits per heavy atom. The Hall–Kier alpha value is -1.43. The van der Waals surface area contributed by atoms with Crippen molar-refractivity contribution in [2.75, 3.05) is 28.1 Å². The van der Waals surface area contributed by atoms with Gasteiger partial charge in [-0.2, -0.15) is 0 Å². The number of carbonyl (C=O) groups excluding carboxylic acids is 1. The number of hydrogen-bond donors (Lipinski definition) is 0. The number of benzene rings is 1. The van der Waals surface area contributed by atoms with Gasteiger partial charge in [-0.15, -0.1) is 0 Å². The largest absolute Gasteiger partial charge is 0.469 e. The zero-order valence-corrected chi connectivity index (χ0v) is 14.0. The highest BCUT2D eigenvalue weighted by Gasteiger charge is 2.54. The number of carbonyl (C=O) groups is 1. The first-order valence-electron chi connectivity index (χ1n) is 8.12. The van der Waals surface area contributed by atoms with Crippen LogP contribution in [0, 0.1) is 5.92 Å². The predicted molar refractivity (Wildman–Crippen MR) is 86.0 cm³/mol. The Kier molecular flexibility index (Phi) is 4.99. The molecule has 5 heteroatoms. The maximum atomic E-state index is 12.5. The highest BCUT2D eigenvalue weighted by atomic mass is 16.7. The van der Waals surface area contributed by atoms with Gasteiger partial charge in [-0.1, -0.05) is 30.3 Å². The van der Waals surface area contributed by atoms with Crippen LogP contribution in [0.3, 0.4) is 0 Å². The number of methoxy groups -OCH3 is 2. The molecule has 2 unspecified atom stereocenters. The average molecular weight is 319 g/mol. The zero-order valence-electron chi connectivity index (χ0n) is 14.0. The summed E-state index contributed by atoms with van der Waals surface area (Å²) in [5.74, 6) is -0.104. The summed E-state index contributed by atoms with van der Waals surface area (Å²) in [6.45, 7) is 0.292. The highest BCUT2D eigenvalue weighted by molar-refractivity contribution is 5.75. The molecule has 126 valence electrons. The Morgan fingerprint density at radius 2 is 1.91 bits per heavy atom. The summed E-state index contributed by atoms with van der Waals surface area (Å²) < 4.78 is 16.1. The van der Waals surface area contributed by atoms with Crippen LogP contribution in [0.4, 0.5) is 0 Å². The quantitative estimate of drug-likeness (QED) is 0.614. The summed E-state index contributed by atoms with van der Waals surface area (Å²) in [4.78, 5) is 14.8. The van der Waals surface area contributed by atoms with Gasteiger partial charge in [-0.05, 0) is 25.5 Å². The first kappa shape index (κ1) is 16.4. The molecular weight excluding hydrogens is 294 g/mol. The van der Waals surface area contributed by atoms with Crippen LogP contribution in [0.5, 0.6) is 0 Å². The average Bonchev–Trinajstić information content (AvgIpc) is 2.79. The Balaban J connectivity index is 1.90. The molecule has 0 aliphatic carbocycles. The Labute approximate surface area is 137 Å². The molecule has 0 N–H and O–H groups in total. The SMILES string of the molecule is COCO[C@H]1CC2[C@@H](C(=O)OC)[C@@H](c3ccccc3)CC1N2C. The van der Waals surface area contributed by atoms with Gasteiger partial charge in [0.15, 0.2) is 0 Å². The van der Waals surface area contributed by atoms with Gasteiger partial charge in [0.05, 0.1) is 19.1 Å². The van der Waals surface area contributed by atoms with E-state index in [1.54, 1.807) is 7.11 Å². The molecule has 2 aliphatic heterocycles. The van der Waals surface area contributed by atoms with E-state index >= 15 is 0 Å². The van der Waals surface area contributed by atoms with Crippen molar-refractivity contribution in [3.63, 3.8) is 0 Å². The van der Waals surface area contributed by atoms with Crippen LogP contribution in [0.2, 0.25) is 0 Å². The molecule has 0 saturated carbocycles. The smallest absolute Gasteiger partial charge is 0.310 e. The minimum Gasteiger partial charge on any atom is -0.469 e. The molecule has 5 nitrogen and oxygen atoms in total. The minimum atomic E-state index is -0.153. The van der Waals surface area contributed by atoms with Crippen LogP contribution in [0.25, 0.3) is 0 Å². The molecule has 1 aromatic carbocycles. The van der Waals surface area contributed by atoms with E-state index in [9.17, 15) is 4.79 Å². The zero-order chi connectivity index (χ0) is 16.4. The molecule has 0 amide bonds. The van der Waals surface area contributed by atoms with E-state index in [-0.39, 0.29) is 30.0 Å². The molecule has 0 aromatic heterocycles. The molecule has 3 rings (SSSR count). The second-order valence-electron chi connectivity index (χ2n) is 6.45. The van der Waals surface area contributed by atoms with Crippen LogP contribution in [0.15, 0.2) is 30.3 Å². The first-order chi connectivity index (χ1) is 11.2. The first-order valence-corrected chi connectivity index (χ1v) is 8.12. The van der Waals surface area contributed by atoms with Crippen molar-refractivity contribution in [2.45, 2.75) is 36.9 Å². The molecule has 2 heterocycles. The number of hydrogen-bond acceptors (Lipinski definition) is 5. The van der Waals surface area contributed by atoms with Crippen molar-refractivity contribution in [1.82, 2.24) is 4.90 Å². The van der Waals surface area contributed by atoms with Crippen LogP contribution in [-0.2, 0) is 19.0 Å². The van der Waals surface area contributed by atoms with Gasteiger partial charge in [-0.3, -0.25) is 9.69 Å². The van der Waals surface area contributed by atoms with Gasteiger partial charge < -0.3 is 14.2 Å². The molecule has 0 spiro atoms. The molecule has 2 aliphatic rings. The lowest BCUT2D eigenvalue weighted by atomic mass is 9.76. The number of esters is 1. The lowest BCUT2D eigenvalue weighted by Crippen LogP contribution is -2.50. The molecular formula is C18H25NO4. The molecule has 5 atom stereocenters. The number of fused-ring (bicyclic) bond motifs is 2. The summed E-state index contributed by atoms with van der Waals surface area (Å²) in [7, 11) is 5.20. The molecule has 0 radical (unpaired) electrons. The van der Waals surface area contributed by atoms with E-state index in [2.05, 4.69) is 24.1 Å². The van der Waals surface area contributed by atoms with E-state index < -0.39 is 0 Å². The normalized spacial score (nSPS) is 33.6. The van der Waals surface area contributed by atoms with Gasteiger partial charge in [0.2, 0.25) is 0 Å². The van der Waals surface area contributed by atoms with Crippen molar-refractivity contribution in [3.05, 3.63) is 35.9 Å². The monoisotopic (exact) mass is 319 g/mol. The predicted octanol–water partition coefficient (Wildman–Crippen LogP) is 2.02. The van der Waals surface area contributed by atoms with E-state index in [1.165, 1.54) is 12.7 Å². The highest BCUT2D eigenvalue weighted by Crippen LogP contribution is 2.47. The third-order valence-corrected chi connectivity index (χ3v) is 5.39. The standard InChI is InChI=1S/C18H25NO4/c1-19-14-9-13(12-7-5-4-6-8-12)17(18(20)22-3)15(19)10-16(14)23-11-21-2/h4-8,13-17H,9-11H2,1-3H3/t13-,14?,15?,16+,17+/m1/s1. The van der Waals surface area contributed by atoms with Crippen LogP contribution >= 0.6 is 0 Å². The number of likely N-dealkylation sites (N-methyl/N-ethyl adjacent to an activating group) is 1. The lowest BCUT2D eigenvalue weighted by Gasteiger charge is -2.41. The number of piperidine rings is 1. The van der Waals surface area contributed by atoms with E-state index in [0.29, 0.717) is 12.8 Å².